The lowest BCUT2D eigenvalue weighted by Crippen LogP contribution is -2.47. The highest BCUT2D eigenvalue weighted by Gasteiger charge is 2.25. The summed E-state index contributed by atoms with van der Waals surface area (Å²) in [5.41, 5.74) is 6.09. The lowest BCUT2D eigenvalue weighted by atomic mass is 9.85. The number of amides is 1. The molecule has 0 bridgehead atoms. The van der Waals surface area contributed by atoms with Gasteiger partial charge >= 0.3 is 0 Å². The van der Waals surface area contributed by atoms with Crippen molar-refractivity contribution in [1.29, 1.82) is 0 Å². The summed E-state index contributed by atoms with van der Waals surface area (Å²) in [7, 11) is 2.03. The number of fused-ring (bicyclic) bond motifs is 5. The average Bonchev–Trinajstić information content (AvgIpc) is 3.32. The predicted octanol–water partition coefficient (Wildman–Crippen LogP) is 4.18. The summed E-state index contributed by atoms with van der Waals surface area (Å²) in [5, 5.41) is 9.51. The molecule has 2 aliphatic rings. The molecule has 2 aromatic carbocycles. The van der Waals surface area contributed by atoms with Gasteiger partial charge in [0, 0.05) is 42.5 Å². The lowest BCUT2D eigenvalue weighted by molar-refractivity contribution is 0.0659. The fourth-order valence-corrected chi connectivity index (χ4v) is 5.30. The van der Waals surface area contributed by atoms with Crippen LogP contribution in [0.3, 0.4) is 0 Å². The summed E-state index contributed by atoms with van der Waals surface area (Å²) in [6, 6.07) is 8.98. The van der Waals surface area contributed by atoms with Crippen molar-refractivity contribution in [2.24, 2.45) is 0 Å². The van der Waals surface area contributed by atoms with Gasteiger partial charge in [0.25, 0.3) is 5.91 Å². The maximum absolute atomic E-state index is 15.2. The molecule has 0 atom stereocenters. The number of hydrogen-bond donors (Lipinski definition) is 1. The van der Waals surface area contributed by atoms with E-state index in [1.54, 1.807) is 11.0 Å². The molecule has 168 valence electrons. The van der Waals surface area contributed by atoms with Crippen LogP contribution in [-0.4, -0.2) is 64.1 Å². The number of benzene rings is 2. The average molecular weight is 444 g/mol. The van der Waals surface area contributed by atoms with Crippen LogP contribution in [0.25, 0.3) is 33.1 Å². The molecule has 1 aliphatic heterocycles. The molecule has 1 amide bonds. The molecule has 0 spiro atoms. The Morgan fingerprint density at radius 3 is 2.61 bits per heavy atom. The predicted molar refractivity (Wildman–Crippen MR) is 127 cm³/mol. The Balaban J connectivity index is 1.44. The first-order valence-electron chi connectivity index (χ1n) is 11.7. The standard InChI is InChI=1S/C26H26FN5O/c1-31-10-12-32(13-11-31)26(33)19-7-6-16(14-21(19)27)25-18-5-3-2-4-17(18)24-20-15-28-30-22(20)8-9-23(24)29-25/h6-9,14-15H,2-5,10-13H2,1H3,(H,28,30). The first kappa shape index (κ1) is 20.3. The van der Waals surface area contributed by atoms with Gasteiger partial charge in [0.05, 0.1) is 28.5 Å². The van der Waals surface area contributed by atoms with Gasteiger partial charge in [0.2, 0.25) is 0 Å². The zero-order valence-corrected chi connectivity index (χ0v) is 18.7. The number of carbonyl (C=O) groups is 1. The second-order valence-corrected chi connectivity index (χ2v) is 9.21. The van der Waals surface area contributed by atoms with Gasteiger partial charge in [-0.15, -0.1) is 0 Å². The van der Waals surface area contributed by atoms with E-state index >= 15 is 4.39 Å². The first-order valence-corrected chi connectivity index (χ1v) is 11.7. The monoisotopic (exact) mass is 443 g/mol. The van der Waals surface area contributed by atoms with Crippen molar-refractivity contribution < 1.29 is 9.18 Å². The molecule has 6 rings (SSSR count). The molecule has 0 unspecified atom stereocenters. The number of nitrogens with zero attached hydrogens (tertiary/aromatic N) is 4. The Bertz CT molecular complexity index is 1390. The van der Waals surface area contributed by atoms with Gasteiger partial charge in [0.1, 0.15) is 5.82 Å². The van der Waals surface area contributed by atoms with Gasteiger partial charge < -0.3 is 9.80 Å². The summed E-state index contributed by atoms with van der Waals surface area (Å²) in [6.45, 7) is 2.86. The fraction of sp³-hybridized carbons (Fsp3) is 0.346. The number of carbonyl (C=O) groups excluding carboxylic acids is 1. The van der Waals surface area contributed by atoms with Crippen LogP contribution in [0.2, 0.25) is 0 Å². The molecule has 1 saturated heterocycles. The maximum atomic E-state index is 15.2. The van der Waals surface area contributed by atoms with Crippen molar-refractivity contribution in [2.75, 3.05) is 33.2 Å². The highest BCUT2D eigenvalue weighted by atomic mass is 19.1. The van der Waals surface area contributed by atoms with Crippen molar-refractivity contribution >= 4 is 27.7 Å². The molecule has 1 fully saturated rings. The number of likely N-dealkylation sites (N-methyl/N-ethyl adjacent to an activating group) is 1. The van der Waals surface area contributed by atoms with Gasteiger partial charge in [-0.25, -0.2) is 9.37 Å². The highest BCUT2D eigenvalue weighted by molar-refractivity contribution is 6.07. The molecule has 4 aromatic rings. The van der Waals surface area contributed by atoms with Gasteiger partial charge in [-0.3, -0.25) is 9.89 Å². The SMILES string of the molecule is CN1CCN(C(=O)c2ccc(-c3nc4ccc5[nH]ncc5c4c4c3CCCC4)cc2F)CC1. The van der Waals surface area contributed by atoms with Crippen LogP contribution in [0.4, 0.5) is 4.39 Å². The Hall–Kier alpha value is -3.32. The summed E-state index contributed by atoms with van der Waals surface area (Å²) in [4.78, 5) is 21.8. The molecular weight excluding hydrogens is 417 g/mol. The molecule has 7 heteroatoms. The number of halogens is 1. The minimum Gasteiger partial charge on any atom is -0.336 e. The summed E-state index contributed by atoms with van der Waals surface area (Å²) < 4.78 is 15.2. The number of rotatable bonds is 2. The number of aromatic nitrogens is 3. The molecule has 33 heavy (non-hydrogen) atoms. The zero-order chi connectivity index (χ0) is 22.5. The summed E-state index contributed by atoms with van der Waals surface area (Å²) in [6.07, 6.45) is 6.00. The van der Waals surface area contributed by atoms with E-state index in [4.69, 9.17) is 4.98 Å². The Morgan fingerprint density at radius 1 is 1.03 bits per heavy atom. The number of H-pyrrole nitrogens is 1. The van der Waals surface area contributed by atoms with Crippen LogP contribution < -0.4 is 0 Å². The van der Waals surface area contributed by atoms with E-state index in [0.29, 0.717) is 13.1 Å². The molecule has 0 radical (unpaired) electrons. The molecule has 1 N–H and O–H groups in total. The number of hydrogen-bond acceptors (Lipinski definition) is 4. The van der Waals surface area contributed by atoms with Crippen molar-refractivity contribution in [3.8, 4) is 11.3 Å². The van der Waals surface area contributed by atoms with Gasteiger partial charge in [-0.1, -0.05) is 6.07 Å². The van der Waals surface area contributed by atoms with Crippen molar-refractivity contribution in [3.05, 3.63) is 59.0 Å². The van der Waals surface area contributed by atoms with E-state index in [1.807, 2.05) is 31.4 Å². The Morgan fingerprint density at radius 2 is 1.82 bits per heavy atom. The van der Waals surface area contributed by atoms with E-state index in [2.05, 4.69) is 15.1 Å². The smallest absolute Gasteiger partial charge is 0.256 e. The van der Waals surface area contributed by atoms with Crippen molar-refractivity contribution in [1.82, 2.24) is 25.0 Å². The van der Waals surface area contributed by atoms with E-state index < -0.39 is 5.82 Å². The molecule has 1 aliphatic carbocycles. The van der Waals surface area contributed by atoms with Crippen LogP contribution >= 0.6 is 0 Å². The normalized spacial score (nSPS) is 17.0. The Kier molecular flexibility index (Phi) is 4.87. The second kappa shape index (κ2) is 7.92. The van der Waals surface area contributed by atoms with E-state index in [0.717, 1.165) is 71.8 Å². The van der Waals surface area contributed by atoms with Crippen LogP contribution in [0, 0.1) is 5.82 Å². The van der Waals surface area contributed by atoms with E-state index in [-0.39, 0.29) is 11.5 Å². The summed E-state index contributed by atoms with van der Waals surface area (Å²) in [5.74, 6) is -0.712. The van der Waals surface area contributed by atoms with Crippen LogP contribution in [0.1, 0.15) is 34.3 Å². The molecule has 6 nitrogen and oxygen atoms in total. The van der Waals surface area contributed by atoms with Crippen LogP contribution in [-0.2, 0) is 12.8 Å². The maximum Gasteiger partial charge on any atom is 0.256 e. The van der Waals surface area contributed by atoms with E-state index in [9.17, 15) is 4.79 Å². The molecule has 3 heterocycles. The third-order valence-corrected chi connectivity index (χ3v) is 7.15. The molecular formula is C26H26FN5O. The topological polar surface area (TPSA) is 65.1 Å². The van der Waals surface area contributed by atoms with Crippen molar-refractivity contribution in [2.45, 2.75) is 25.7 Å². The van der Waals surface area contributed by atoms with Gasteiger partial charge in [-0.05, 0) is 68.1 Å². The van der Waals surface area contributed by atoms with Crippen molar-refractivity contribution in [3.63, 3.8) is 0 Å². The minimum atomic E-state index is -0.479. The molecule has 2 aromatic heterocycles. The zero-order valence-electron chi connectivity index (χ0n) is 18.7. The second-order valence-electron chi connectivity index (χ2n) is 9.21. The van der Waals surface area contributed by atoms with Crippen LogP contribution in [0.15, 0.2) is 36.5 Å². The number of aromatic amines is 1. The third-order valence-electron chi connectivity index (χ3n) is 7.15. The minimum absolute atomic E-state index is 0.137. The number of pyridine rings is 1. The van der Waals surface area contributed by atoms with Gasteiger partial charge in [-0.2, -0.15) is 5.10 Å². The number of nitrogens with one attached hydrogen (secondary N) is 1. The quantitative estimate of drug-likeness (QED) is 0.505. The Labute approximate surface area is 191 Å². The summed E-state index contributed by atoms with van der Waals surface area (Å²) >= 11 is 0. The number of aryl methyl sites for hydroxylation is 1. The van der Waals surface area contributed by atoms with Crippen LogP contribution in [0.5, 0.6) is 0 Å². The van der Waals surface area contributed by atoms with Gasteiger partial charge in [0.15, 0.2) is 0 Å². The first-order chi connectivity index (χ1) is 16.1. The number of piperazine rings is 1. The largest absolute Gasteiger partial charge is 0.336 e. The lowest BCUT2D eigenvalue weighted by Gasteiger charge is -2.32. The molecule has 0 saturated carbocycles. The highest BCUT2D eigenvalue weighted by Crippen LogP contribution is 2.38. The van der Waals surface area contributed by atoms with E-state index in [1.165, 1.54) is 17.2 Å². The third kappa shape index (κ3) is 3.38. The fourth-order valence-electron chi connectivity index (χ4n) is 5.30.